The van der Waals surface area contributed by atoms with Crippen LogP contribution in [0.4, 0.5) is 4.39 Å². The van der Waals surface area contributed by atoms with Gasteiger partial charge in [-0.25, -0.2) is 9.37 Å². The van der Waals surface area contributed by atoms with E-state index < -0.39 is 17.7 Å². The fourth-order valence-corrected chi connectivity index (χ4v) is 5.36. The summed E-state index contributed by atoms with van der Waals surface area (Å²) in [5.74, 6) is -0.586. The molecule has 3 aromatic rings. The number of nitrogens with zero attached hydrogens (tertiary/aromatic N) is 2. The van der Waals surface area contributed by atoms with Crippen LogP contribution in [0.2, 0.25) is 0 Å². The molecule has 200 valence electrons. The number of carbonyl (C=O) groups is 1. The van der Waals surface area contributed by atoms with Crippen LogP contribution in [0, 0.1) is 11.7 Å². The number of ether oxygens (including phenoxy) is 2. The van der Waals surface area contributed by atoms with Crippen molar-refractivity contribution in [2.75, 3.05) is 20.2 Å². The van der Waals surface area contributed by atoms with Gasteiger partial charge in [-0.1, -0.05) is 37.3 Å². The minimum absolute atomic E-state index is 0.177. The van der Waals surface area contributed by atoms with E-state index in [4.69, 9.17) is 9.47 Å². The van der Waals surface area contributed by atoms with Crippen molar-refractivity contribution in [1.29, 1.82) is 0 Å². The smallest absolute Gasteiger partial charge is 0.306 e. The quantitative estimate of drug-likeness (QED) is 0.441. The topological polar surface area (TPSA) is 92.1 Å². The molecule has 3 atom stereocenters. The third-order valence-corrected chi connectivity index (χ3v) is 7.51. The van der Waals surface area contributed by atoms with E-state index in [0.717, 1.165) is 59.4 Å². The summed E-state index contributed by atoms with van der Waals surface area (Å²) >= 11 is 0. The number of aliphatic hydroxyl groups excluding tert-OH is 1. The van der Waals surface area contributed by atoms with Crippen LogP contribution < -0.4 is 9.47 Å². The molecule has 5 rings (SSSR count). The van der Waals surface area contributed by atoms with E-state index in [0.29, 0.717) is 31.0 Å². The SMILES string of the molecule is COc1cc(-c2ccc(C3CCc4ccc(C[C@H](C)C(=O)O)cc4O3)cc2CN2CC[C@H](O)C2)c(F)cn1. The Balaban J connectivity index is 1.45. The second-order valence-corrected chi connectivity index (χ2v) is 10.3. The Morgan fingerprint density at radius 2 is 2.05 bits per heavy atom. The van der Waals surface area contributed by atoms with Crippen molar-refractivity contribution >= 4 is 5.97 Å². The molecule has 0 bridgehead atoms. The molecule has 0 aliphatic carbocycles. The van der Waals surface area contributed by atoms with Crippen LogP contribution in [0.15, 0.2) is 48.7 Å². The highest BCUT2D eigenvalue weighted by molar-refractivity contribution is 5.70. The number of likely N-dealkylation sites (tertiary alicyclic amines) is 1. The van der Waals surface area contributed by atoms with Gasteiger partial charge in [0.2, 0.25) is 5.88 Å². The van der Waals surface area contributed by atoms with Crippen LogP contribution in [0.25, 0.3) is 11.1 Å². The molecule has 2 aliphatic rings. The standard InChI is InChI=1S/C30H33FN2O5/c1-18(30(35)36)11-19-3-4-20-6-8-27(38-28(20)12-19)21-5-7-24(25-14-29(37-2)32-15-26(25)31)22(13-21)16-33-10-9-23(34)17-33/h3-5,7,12-15,18,23,27,34H,6,8-11,16-17H2,1-2H3,(H,35,36)/t18-,23-,27?/m0/s1. The first-order valence-electron chi connectivity index (χ1n) is 13.0. The molecule has 1 saturated heterocycles. The molecule has 0 radical (unpaired) electrons. The molecule has 3 heterocycles. The second-order valence-electron chi connectivity index (χ2n) is 10.3. The largest absolute Gasteiger partial charge is 0.485 e. The minimum atomic E-state index is -0.817. The monoisotopic (exact) mass is 520 g/mol. The van der Waals surface area contributed by atoms with E-state index in [9.17, 15) is 19.4 Å². The lowest BCUT2D eigenvalue weighted by molar-refractivity contribution is -0.141. The first kappa shape index (κ1) is 26.1. The molecule has 2 aliphatic heterocycles. The number of methoxy groups -OCH3 is 1. The van der Waals surface area contributed by atoms with E-state index in [2.05, 4.69) is 16.0 Å². The molecule has 0 amide bonds. The number of carboxylic acids is 1. The molecule has 1 unspecified atom stereocenters. The van der Waals surface area contributed by atoms with E-state index in [1.54, 1.807) is 13.0 Å². The fourth-order valence-electron chi connectivity index (χ4n) is 5.36. The minimum Gasteiger partial charge on any atom is -0.485 e. The zero-order valence-electron chi connectivity index (χ0n) is 21.7. The molecular formula is C30H33FN2O5. The number of pyridine rings is 1. The number of hydrogen-bond acceptors (Lipinski definition) is 6. The van der Waals surface area contributed by atoms with Crippen molar-refractivity contribution in [3.8, 4) is 22.8 Å². The average Bonchev–Trinajstić information content (AvgIpc) is 3.33. The van der Waals surface area contributed by atoms with Crippen LogP contribution in [-0.4, -0.2) is 52.4 Å². The van der Waals surface area contributed by atoms with Crippen LogP contribution >= 0.6 is 0 Å². The third-order valence-electron chi connectivity index (χ3n) is 7.51. The van der Waals surface area contributed by atoms with Crippen molar-refractivity contribution in [1.82, 2.24) is 9.88 Å². The molecule has 0 spiro atoms. The van der Waals surface area contributed by atoms with Gasteiger partial charge in [-0.15, -0.1) is 0 Å². The van der Waals surface area contributed by atoms with Gasteiger partial charge in [0.15, 0.2) is 0 Å². The van der Waals surface area contributed by atoms with Crippen molar-refractivity contribution in [3.05, 3.63) is 76.7 Å². The number of fused-ring (bicyclic) bond motifs is 1. The van der Waals surface area contributed by atoms with E-state index in [1.807, 2.05) is 30.3 Å². The maximum atomic E-state index is 14.9. The third kappa shape index (κ3) is 5.66. The number of aliphatic carboxylic acids is 1. The van der Waals surface area contributed by atoms with Crippen molar-refractivity contribution < 1.29 is 28.9 Å². The zero-order valence-corrected chi connectivity index (χ0v) is 21.7. The Labute approximate surface area is 221 Å². The number of halogens is 1. The molecule has 2 aromatic carbocycles. The van der Waals surface area contributed by atoms with Crippen molar-refractivity contribution in [2.45, 2.75) is 51.4 Å². The maximum Gasteiger partial charge on any atom is 0.306 e. The summed E-state index contributed by atoms with van der Waals surface area (Å²) in [7, 11) is 1.51. The first-order chi connectivity index (χ1) is 18.3. The number of carboxylic acid groups (broad SMARTS) is 1. The highest BCUT2D eigenvalue weighted by Crippen LogP contribution is 2.38. The summed E-state index contributed by atoms with van der Waals surface area (Å²) in [4.78, 5) is 17.5. The van der Waals surface area contributed by atoms with E-state index in [-0.39, 0.29) is 12.2 Å². The van der Waals surface area contributed by atoms with Gasteiger partial charge in [-0.2, -0.15) is 0 Å². The van der Waals surface area contributed by atoms with Gasteiger partial charge in [0, 0.05) is 31.3 Å². The van der Waals surface area contributed by atoms with Crippen LogP contribution in [0.5, 0.6) is 11.6 Å². The predicted molar refractivity (Wildman–Crippen MR) is 141 cm³/mol. The number of aromatic nitrogens is 1. The Kier molecular flexibility index (Phi) is 7.63. The lowest BCUT2D eigenvalue weighted by Gasteiger charge is -2.28. The maximum absolute atomic E-state index is 14.9. The highest BCUT2D eigenvalue weighted by Gasteiger charge is 2.26. The molecule has 7 nitrogen and oxygen atoms in total. The summed E-state index contributed by atoms with van der Waals surface area (Å²) in [6.45, 7) is 3.63. The van der Waals surface area contributed by atoms with Crippen molar-refractivity contribution in [3.63, 3.8) is 0 Å². The molecule has 1 fully saturated rings. The van der Waals surface area contributed by atoms with Gasteiger partial charge < -0.3 is 19.7 Å². The molecule has 8 heteroatoms. The predicted octanol–water partition coefficient (Wildman–Crippen LogP) is 4.79. The number of aliphatic hydroxyl groups is 1. The molecule has 0 saturated carbocycles. The summed E-state index contributed by atoms with van der Waals surface area (Å²) in [5, 5.41) is 19.3. The summed E-state index contributed by atoms with van der Waals surface area (Å²) < 4.78 is 26.6. The van der Waals surface area contributed by atoms with Gasteiger partial charge in [-0.05, 0) is 59.6 Å². The number of aryl methyl sites for hydroxylation is 1. The Hall–Kier alpha value is -3.49. The molecular weight excluding hydrogens is 487 g/mol. The summed E-state index contributed by atoms with van der Waals surface area (Å²) in [6.07, 6.45) is 3.46. The summed E-state index contributed by atoms with van der Waals surface area (Å²) in [5.41, 5.74) is 5.17. The normalized spacial score (nSPS) is 20.0. The van der Waals surface area contributed by atoms with Gasteiger partial charge in [0.1, 0.15) is 17.7 Å². The first-order valence-corrected chi connectivity index (χ1v) is 13.0. The number of benzene rings is 2. The van der Waals surface area contributed by atoms with Gasteiger partial charge in [0.05, 0.1) is 25.3 Å². The lowest BCUT2D eigenvalue weighted by atomic mass is 9.91. The van der Waals surface area contributed by atoms with E-state index >= 15 is 0 Å². The van der Waals surface area contributed by atoms with Gasteiger partial charge in [-0.3, -0.25) is 9.69 Å². The Morgan fingerprint density at radius 3 is 2.79 bits per heavy atom. The zero-order chi connectivity index (χ0) is 26.8. The van der Waals surface area contributed by atoms with Crippen LogP contribution in [0.1, 0.15) is 48.1 Å². The lowest BCUT2D eigenvalue weighted by Crippen LogP contribution is -2.22. The average molecular weight is 521 g/mol. The number of hydrogen-bond donors (Lipinski definition) is 2. The van der Waals surface area contributed by atoms with Gasteiger partial charge in [0.25, 0.3) is 0 Å². The van der Waals surface area contributed by atoms with E-state index in [1.165, 1.54) is 13.3 Å². The molecule has 38 heavy (non-hydrogen) atoms. The molecule has 2 N–H and O–H groups in total. The summed E-state index contributed by atoms with van der Waals surface area (Å²) in [6, 6.07) is 13.6. The Morgan fingerprint density at radius 1 is 1.21 bits per heavy atom. The molecule has 1 aromatic heterocycles. The second kappa shape index (κ2) is 11.1. The van der Waals surface area contributed by atoms with Crippen LogP contribution in [0.3, 0.4) is 0 Å². The number of rotatable bonds is 8. The van der Waals surface area contributed by atoms with Crippen molar-refractivity contribution in [2.24, 2.45) is 5.92 Å². The Bertz CT molecular complexity index is 1330. The number of β-amino-alcohol motifs (C(OH)–C–C–N with tert-alkyl or cyclic N) is 1. The van der Waals surface area contributed by atoms with Gasteiger partial charge >= 0.3 is 5.97 Å². The highest BCUT2D eigenvalue weighted by atomic mass is 19.1. The van der Waals surface area contributed by atoms with Crippen LogP contribution in [-0.2, 0) is 24.2 Å². The fraction of sp³-hybridized carbons (Fsp3) is 0.400.